The lowest BCUT2D eigenvalue weighted by atomic mass is 10.3. The van der Waals surface area contributed by atoms with E-state index in [0.717, 1.165) is 31.0 Å². The van der Waals surface area contributed by atoms with Crippen molar-refractivity contribution in [3.63, 3.8) is 0 Å². The normalized spacial score (nSPS) is 16.2. The topological polar surface area (TPSA) is 21.7 Å². The quantitative estimate of drug-likeness (QED) is 0.691. The third-order valence-electron chi connectivity index (χ3n) is 2.11. The van der Waals surface area contributed by atoms with Crippen molar-refractivity contribution < 1.29 is 9.57 Å². The van der Waals surface area contributed by atoms with Gasteiger partial charge in [-0.2, -0.15) is 0 Å². The van der Waals surface area contributed by atoms with Crippen LogP contribution in [0.5, 0.6) is 5.75 Å². The van der Waals surface area contributed by atoms with Crippen molar-refractivity contribution in [3.8, 4) is 5.75 Å². The van der Waals surface area contributed by atoms with Gasteiger partial charge in [0.15, 0.2) is 0 Å². The Morgan fingerprint density at radius 1 is 1.31 bits per heavy atom. The predicted molar refractivity (Wildman–Crippen MR) is 50.9 cm³/mol. The molecule has 0 aromatic heterocycles. The van der Waals surface area contributed by atoms with Crippen LogP contribution >= 0.6 is 0 Å². The number of hydrogen-bond acceptors (Lipinski definition) is 3. The van der Waals surface area contributed by atoms with Gasteiger partial charge in [-0.3, -0.25) is 9.90 Å². The molecule has 3 heteroatoms. The first kappa shape index (κ1) is 8.38. The Hall–Kier alpha value is -1.22. The van der Waals surface area contributed by atoms with Crippen LogP contribution in [0.15, 0.2) is 24.3 Å². The highest BCUT2D eigenvalue weighted by Crippen LogP contribution is 2.21. The molecular formula is C10H13NO2. The van der Waals surface area contributed by atoms with Gasteiger partial charge in [0.2, 0.25) is 0 Å². The van der Waals surface area contributed by atoms with Gasteiger partial charge in [-0.15, -0.1) is 0 Å². The van der Waals surface area contributed by atoms with Gasteiger partial charge in [0.25, 0.3) is 0 Å². The van der Waals surface area contributed by atoms with Gasteiger partial charge in [-0.05, 0) is 30.7 Å². The van der Waals surface area contributed by atoms with E-state index in [1.54, 1.807) is 7.11 Å². The summed E-state index contributed by atoms with van der Waals surface area (Å²) in [6.45, 7) is 1.80. The maximum Gasteiger partial charge on any atom is 0.119 e. The highest BCUT2D eigenvalue weighted by atomic mass is 16.7. The third-order valence-corrected chi connectivity index (χ3v) is 2.11. The molecule has 1 fully saturated rings. The van der Waals surface area contributed by atoms with Gasteiger partial charge in [-0.1, -0.05) is 0 Å². The van der Waals surface area contributed by atoms with Crippen LogP contribution in [-0.4, -0.2) is 20.3 Å². The summed E-state index contributed by atoms with van der Waals surface area (Å²) in [5, 5.41) is 1.92. The molecule has 1 aromatic rings. The zero-order valence-corrected chi connectivity index (χ0v) is 7.69. The Balaban J connectivity index is 2.12. The minimum Gasteiger partial charge on any atom is -0.497 e. The smallest absolute Gasteiger partial charge is 0.119 e. The fraction of sp³-hybridized carbons (Fsp3) is 0.400. The Bertz CT molecular complexity index is 265. The molecule has 0 bridgehead atoms. The van der Waals surface area contributed by atoms with E-state index in [2.05, 4.69) is 0 Å². The Morgan fingerprint density at radius 3 is 2.62 bits per heavy atom. The summed E-state index contributed by atoms with van der Waals surface area (Å²) in [7, 11) is 1.67. The fourth-order valence-corrected chi connectivity index (χ4v) is 1.40. The number of ether oxygens (including phenoxy) is 1. The van der Waals surface area contributed by atoms with Gasteiger partial charge in [0, 0.05) is 6.54 Å². The van der Waals surface area contributed by atoms with E-state index in [-0.39, 0.29) is 0 Å². The maximum absolute atomic E-state index is 5.41. The first-order chi connectivity index (χ1) is 6.40. The van der Waals surface area contributed by atoms with E-state index in [1.165, 1.54) is 0 Å². The molecule has 0 radical (unpaired) electrons. The lowest BCUT2D eigenvalue weighted by molar-refractivity contribution is 0.168. The number of hydroxylamine groups is 1. The Labute approximate surface area is 77.8 Å². The van der Waals surface area contributed by atoms with Crippen LogP contribution in [0.1, 0.15) is 6.42 Å². The van der Waals surface area contributed by atoms with Gasteiger partial charge in [0.1, 0.15) is 5.75 Å². The standard InChI is InChI=1S/C10H13NO2/c1-12-10-5-3-9(4-6-10)11-7-2-8-13-11/h3-6H,2,7-8H2,1H3. The van der Waals surface area contributed by atoms with Crippen LogP contribution in [-0.2, 0) is 4.84 Å². The SMILES string of the molecule is COc1ccc(N2CCCO2)cc1. The predicted octanol–water partition coefficient (Wildman–Crippen LogP) is 1.84. The minimum absolute atomic E-state index is 0.825. The summed E-state index contributed by atoms with van der Waals surface area (Å²) in [6, 6.07) is 7.89. The molecule has 1 aliphatic rings. The number of methoxy groups -OCH3 is 1. The van der Waals surface area contributed by atoms with Crippen LogP contribution in [0.25, 0.3) is 0 Å². The zero-order chi connectivity index (χ0) is 9.10. The molecule has 70 valence electrons. The van der Waals surface area contributed by atoms with E-state index in [0.29, 0.717) is 0 Å². The summed E-state index contributed by atoms with van der Waals surface area (Å²) in [5.74, 6) is 0.878. The van der Waals surface area contributed by atoms with Crippen molar-refractivity contribution in [2.24, 2.45) is 0 Å². The Morgan fingerprint density at radius 2 is 2.08 bits per heavy atom. The lowest BCUT2D eigenvalue weighted by Crippen LogP contribution is -2.15. The van der Waals surface area contributed by atoms with Crippen molar-refractivity contribution >= 4 is 5.69 Å². The molecule has 1 heterocycles. The second-order valence-corrected chi connectivity index (χ2v) is 2.99. The van der Waals surface area contributed by atoms with Crippen LogP contribution in [0.3, 0.4) is 0 Å². The molecule has 0 spiro atoms. The Kier molecular flexibility index (Phi) is 2.36. The summed E-state index contributed by atoms with van der Waals surface area (Å²) >= 11 is 0. The molecule has 0 amide bonds. The second kappa shape index (κ2) is 3.66. The van der Waals surface area contributed by atoms with Crippen LogP contribution in [0, 0.1) is 0 Å². The molecule has 13 heavy (non-hydrogen) atoms. The van der Waals surface area contributed by atoms with Gasteiger partial charge in [-0.25, -0.2) is 0 Å². The zero-order valence-electron chi connectivity index (χ0n) is 7.69. The van der Waals surface area contributed by atoms with Gasteiger partial charge >= 0.3 is 0 Å². The van der Waals surface area contributed by atoms with E-state index in [9.17, 15) is 0 Å². The average molecular weight is 179 g/mol. The molecule has 0 atom stereocenters. The van der Waals surface area contributed by atoms with Crippen molar-refractivity contribution in [1.29, 1.82) is 0 Å². The fourth-order valence-electron chi connectivity index (χ4n) is 1.40. The molecule has 0 aliphatic carbocycles. The molecule has 0 saturated carbocycles. The first-order valence-corrected chi connectivity index (χ1v) is 4.44. The molecule has 0 N–H and O–H groups in total. The molecule has 1 saturated heterocycles. The van der Waals surface area contributed by atoms with E-state index >= 15 is 0 Å². The van der Waals surface area contributed by atoms with Crippen molar-refractivity contribution in [2.45, 2.75) is 6.42 Å². The summed E-state index contributed by atoms with van der Waals surface area (Å²) in [5.41, 5.74) is 1.10. The third kappa shape index (κ3) is 1.75. The molecule has 3 nitrogen and oxygen atoms in total. The average Bonchev–Trinajstić information content (AvgIpc) is 2.71. The van der Waals surface area contributed by atoms with E-state index in [4.69, 9.17) is 9.57 Å². The first-order valence-electron chi connectivity index (χ1n) is 4.44. The number of rotatable bonds is 2. The van der Waals surface area contributed by atoms with Crippen molar-refractivity contribution in [1.82, 2.24) is 0 Å². The van der Waals surface area contributed by atoms with Crippen LogP contribution in [0.2, 0.25) is 0 Å². The highest BCUT2D eigenvalue weighted by Gasteiger charge is 2.12. The van der Waals surface area contributed by atoms with E-state index in [1.807, 2.05) is 29.3 Å². The van der Waals surface area contributed by atoms with Crippen LogP contribution in [0.4, 0.5) is 5.69 Å². The summed E-state index contributed by atoms with van der Waals surface area (Å²) < 4.78 is 5.07. The summed E-state index contributed by atoms with van der Waals surface area (Å²) in [4.78, 5) is 5.41. The number of hydrogen-bond donors (Lipinski definition) is 0. The maximum atomic E-state index is 5.41. The number of benzene rings is 1. The molecule has 0 unspecified atom stereocenters. The minimum atomic E-state index is 0.825. The summed E-state index contributed by atoms with van der Waals surface area (Å²) in [6.07, 6.45) is 1.10. The van der Waals surface area contributed by atoms with E-state index < -0.39 is 0 Å². The lowest BCUT2D eigenvalue weighted by Gasteiger charge is -2.15. The molecule has 1 aromatic carbocycles. The molecule has 2 rings (SSSR count). The van der Waals surface area contributed by atoms with Crippen LogP contribution < -0.4 is 9.80 Å². The monoisotopic (exact) mass is 179 g/mol. The number of anilines is 1. The van der Waals surface area contributed by atoms with Gasteiger partial charge in [0.05, 0.1) is 19.4 Å². The highest BCUT2D eigenvalue weighted by molar-refractivity contribution is 5.47. The number of nitrogens with zero attached hydrogens (tertiary/aromatic N) is 1. The molecular weight excluding hydrogens is 166 g/mol. The van der Waals surface area contributed by atoms with Gasteiger partial charge < -0.3 is 4.74 Å². The van der Waals surface area contributed by atoms with Crippen molar-refractivity contribution in [3.05, 3.63) is 24.3 Å². The second-order valence-electron chi connectivity index (χ2n) is 2.99. The molecule has 1 aliphatic heterocycles. The van der Waals surface area contributed by atoms with Crippen molar-refractivity contribution in [2.75, 3.05) is 25.3 Å². The largest absolute Gasteiger partial charge is 0.497 e.